The van der Waals surface area contributed by atoms with E-state index < -0.39 is 5.72 Å². The molecule has 25 heavy (non-hydrogen) atoms. The molecule has 2 aromatic heterocycles. The molecule has 1 aromatic carbocycles. The molecule has 0 amide bonds. The van der Waals surface area contributed by atoms with Gasteiger partial charge in [-0.25, -0.2) is 14.2 Å². The van der Waals surface area contributed by atoms with Gasteiger partial charge in [0.05, 0.1) is 5.69 Å². The summed E-state index contributed by atoms with van der Waals surface area (Å²) in [5.74, 6) is 0. The van der Waals surface area contributed by atoms with Gasteiger partial charge in [-0.2, -0.15) is 5.10 Å². The Balaban J connectivity index is 2.15. The summed E-state index contributed by atoms with van der Waals surface area (Å²) in [6.07, 6.45) is 4.03. The number of aromatic nitrogens is 3. The van der Waals surface area contributed by atoms with Crippen molar-refractivity contribution >= 4 is 17.6 Å². The van der Waals surface area contributed by atoms with Gasteiger partial charge in [-0.05, 0) is 33.3 Å². The van der Waals surface area contributed by atoms with E-state index in [1.165, 1.54) is 11.9 Å². The van der Waals surface area contributed by atoms with Crippen LogP contribution in [0.15, 0.2) is 48.8 Å². The van der Waals surface area contributed by atoms with E-state index in [9.17, 15) is 5.11 Å². The molecule has 0 aliphatic heterocycles. The Labute approximate surface area is 152 Å². The van der Waals surface area contributed by atoms with Crippen LogP contribution in [0.2, 0.25) is 0 Å². The first-order valence-corrected chi connectivity index (χ1v) is 9.22. The quantitative estimate of drug-likeness (QED) is 0.535. The summed E-state index contributed by atoms with van der Waals surface area (Å²) in [5.41, 5.74) is 1.95. The van der Waals surface area contributed by atoms with Crippen LogP contribution in [0.25, 0.3) is 16.9 Å². The Bertz CT molecular complexity index is 857. The fourth-order valence-corrected chi connectivity index (χ4v) is 3.26. The minimum Gasteiger partial charge on any atom is -0.371 e. The topological polar surface area (TPSA) is 62.5 Å². The van der Waals surface area contributed by atoms with Crippen molar-refractivity contribution in [1.82, 2.24) is 19.3 Å². The first-order chi connectivity index (χ1) is 11.8. The second kappa shape index (κ2) is 6.78. The van der Waals surface area contributed by atoms with Crippen molar-refractivity contribution in [3.63, 3.8) is 0 Å². The van der Waals surface area contributed by atoms with Gasteiger partial charge in [-0.1, -0.05) is 49.2 Å². The highest BCUT2D eigenvalue weighted by molar-refractivity contribution is 7.98. The molecule has 3 rings (SSSR count). The number of hydrogen-bond donors (Lipinski definition) is 2. The zero-order chi connectivity index (χ0) is 18.1. The lowest BCUT2D eigenvalue weighted by molar-refractivity contribution is 0.0233. The molecule has 0 saturated carbocycles. The molecule has 132 valence electrons. The van der Waals surface area contributed by atoms with Crippen LogP contribution in [-0.2, 0) is 5.72 Å². The molecule has 0 spiro atoms. The number of fused-ring (bicyclic) bond motifs is 1. The van der Waals surface area contributed by atoms with Crippen molar-refractivity contribution < 1.29 is 5.11 Å². The first-order valence-electron chi connectivity index (χ1n) is 8.40. The minimum atomic E-state index is -1.20. The summed E-state index contributed by atoms with van der Waals surface area (Å²) in [5, 5.41) is 16.1. The van der Waals surface area contributed by atoms with Gasteiger partial charge in [-0.15, -0.1) is 0 Å². The van der Waals surface area contributed by atoms with Gasteiger partial charge in [0.15, 0.2) is 11.4 Å². The van der Waals surface area contributed by atoms with Crippen LogP contribution in [-0.4, -0.2) is 24.5 Å². The lowest BCUT2D eigenvalue weighted by Crippen LogP contribution is -2.40. The van der Waals surface area contributed by atoms with Crippen molar-refractivity contribution in [1.29, 1.82) is 0 Å². The third-order valence-corrected chi connectivity index (χ3v) is 4.97. The van der Waals surface area contributed by atoms with Gasteiger partial charge in [0.1, 0.15) is 0 Å². The van der Waals surface area contributed by atoms with E-state index in [1.807, 2.05) is 49.5 Å². The minimum absolute atomic E-state index is 0.0269. The molecule has 0 bridgehead atoms. The van der Waals surface area contributed by atoms with Crippen molar-refractivity contribution in [2.24, 2.45) is 0 Å². The molecule has 0 aliphatic carbocycles. The van der Waals surface area contributed by atoms with E-state index in [1.54, 1.807) is 10.7 Å². The Morgan fingerprint density at radius 3 is 2.56 bits per heavy atom. The maximum absolute atomic E-state index is 11.4. The monoisotopic (exact) mass is 356 g/mol. The Kier molecular flexibility index (Phi) is 4.86. The summed E-state index contributed by atoms with van der Waals surface area (Å²) in [6.45, 7) is 8.28. The summed E-state index contributed by atoms with van der Waals surface area (Å²) >= 11 is 1.52. The largest absolute Gasteiger partial charge is 0.371 e. The number of aliphatic hydroxyl groups is 1. The van der Waals surface area contributed by atoms with Gasteiger partial charge in [0, 0.05) is 28.3 Å². The maximum atomic E-state index is 11.4. The van der Waals surface area contributed by atoms with E-state index in [4.69, 9.17) is 5.10 Å². The standard InChI is InChI=1S/C19H24N4OS/c1-5-19(24,22-25-18(2,3)4)15-13-16-20-11-12-23(16)21-17(15)14-9-7-6-8-10-14/h6-13,22,24H,5H2,1-4H3/t19-/m0/s1. The van der Waals surface area contributed by atoms with Crippen LogP contribution in [0.1, 0.15) is 39.7 Å². The van der Waals surface area contributed by atoms with Crippen LogP contribution < -0.4 is 4.72 Å². The number of nitrogens with one attached hydrogen (secondary N) is 1. The summed E-state index contributed by atoms with van der Waals surface area (Å²) < 4.78 is 4.97. The van der Waals surface area contributed by atoms with Gasteiger partial charge >= 0.3 is 0 Å². The summed E-state index contributed by atoms with van der Waals surface area (Å²) in [7, 11) is 0. The Morgan fingerprint density at radius 2 is 1.92 bits per heavy atom. The summed E-state index contributed by atoms with van der Waals surface area (Å²) in [6, 6.07) is 11.8. The van der Waals surface area contributed by atoms with Gasteiger partial charge in [0.25, 0.3) is 0 Å². The molecule has 3 aromatic rings. The van der Waals surface area contributed by atoms with Crippen molar-refractivity contribution in [2.45, 2.75) is 44.6 Å². The Morgan fingerprint density at radius 1 is 1.20 bits per heavy atom. The van der Waals surface area contributed by atoms with Gasteiger partial charge in [0.2, 0.25) is 0 Å². The van der Waals surface area contributed by atoms with E-state index in [0.717, 1.165) is 16.8 Å². The molecule has 6 heteroatoms. The molecule has 0 radical (unpaired) electrons. The zero-order valence-corrected chi connectivity index (χ0v) is 15.8. The first kappa shape index (κ1) is 17.9. The fourth-order valence-electron chi connectivity index (χ4n) is 2.54. The maximum Gasteiger partial charge on any atom is 0.153 e. The molecule has 5 nitrogen and oxygen atoms in total. The van der Waals surface area contributed by atoms with Gasteiger partial charge < -0.3 is 5.11 Å². The molecular formula is C19H24N4OS. The second-order valence-electron chi connectivity index (χ2n) is 7.03. The highest BCUT2D eigenvalue weighted by Crippen LogP contribution is 2.35. The smallest absolute Gasteiger partial charge is 0.153 e. The Hall–Kier alpha value is -1.89. The average molecular weight is 356 g/mol. The molecular weight excluding hydrogens is 332 g/mol. The van der Waals surface area contributed by atoms with E-state index in [-0.39, 0.29) is 4.75 Å². The van der Waals surface area contributed by atoms with Crippen molar-refractivity contribution in [2.75, 3.05) is 0 Å². The van der Waals surface area contributed by atoms with Crippen LogP contribution in [0.3, 0.4) is 0 Å². The number of imidazole rings is 1. The van der Waals surface area contributed by atoms with Crippen LogP contribution in [0.5, 0.6) is 0 Å². The lowest BCUT2D eigenvalue weighted by Gasteiger charge is -2.32. The average Bonchev–Trinajstić information content (AvgIpc) is 3.06. The molecule has 0 fully saturated rings. The van der Waals surface area contributed by atoms with E-state index >= 15 is 0 Å². The third-order valence-electron chi connectivity index (χ3n) is 3.92. The van der Waals surface area contributed by atoms with E-state index in [0.29, 0.717) is 12.1 Å². The molecule has 0 aliphatic rings. The number of rotatable bonds is 5. The predicted molar refractivity (Wildman–Crippen MR) is 103 cm³/mol. The molecule has 2 heterocycles. The number of nitrogens with zero attached hydrogens (tertiary/aromatic N) is 3. The normalized spacial score (nSPS) is 14.6. The van der Waals surface area contributed by atoms with Crippen molar-refractivity contribution in [3.05, 3.63) is 54.4 Å². The van der Waals surface area contributed by atoms with Crippen LogP contribution in [0.4, 0.5) is 0 Å². The molecule has 0 unspecified atom stereocenters. The predicted octanol–water partition coefficient (Wildman–Crippen LogP) is 3.99. The summed E-state index contributed by atoms with van der Waals surface area (Å²) in [4.78, 5) is 4.33. The molecule has 1 atom stereocenters. The van der Waals surface area contributed by atoms with Crippen molar-refractivity contribution in [3.8, 4) is 11.3 Å². The third kappa shape index (κ3) is 3.86. The lowest BCUT2D eigenvalue weighted by atomic mass is 9.96. The highest BCUT2D eigenvalue weighted by atomic mass is 32.2. The fraction of sp³-hybridized carbons (Fsp3) is 0.368. The van der Waals surface area contributed by atoms with Gasteiger partial charge in [-0.3, -0.25) is 0 Å². The second-order valence-corrected chi connectivity index (χ2v) is 8.67. The molecule has 2 N–H and O–H groups in total. The molecule has 0 saturated heterocycles. The van der Waals surface area contributed by atoms with Crippen LogP contribution >= 0.6 is 11.9 Å². The zero-order valence-electron chi connectivity index (χ0n) is 15.0. The van der Waals surface area contributed by atoms with E-state index in [2.05, 4.69) is 30.5 Å². The SMILES string of the molecule is CC[C@@](O)(NSC(C)(C)C)c1cc2nccn2nc1-c1ccccc1. The number of benzene rings is 1. The van der Waals surface area contributed by atoms with Crippen LogP contribution in [0, 0.1) is 0 Å². The highest BCUT2D eigenvalue weighted by Gasteiger charge is 2.33. The number of hydrogen-bond acceptors (Lipinski definition) is 5.